The fourth-order valence-electron chi connectivity index (χ4n) is 3.71. The van der Waals surface area contributed by atoms with Crippen LogP contribution in [0.1, 0.15) is 70.6 Å². The first-order chi connectivity index (χ1) is 9.86. The van der Waals surface area contributed by atoms with Crippen molar-refractivity contribution in [1.82, 2.24) is 0 Å². The minimum Gasteiger partial charge on any atom is -0.396 e. The first-order valence-electron chi connectivity index (χ1n) is 8.50. The predicted octanol–water partition coefficient (Wildman–Crippen LogP) is 4.13. The van der Waals surface area contributed by atoms with Gasteiger partial charge in [-0.15, -0.1) is 0 Å². The summed E-state index contributed by atoms with van der Waals surface area (Å²) in [4.78, 5) is 0. The van der Waals surface area contributed by atoms with E-state index in [1.54, 1.807) is 0 Å². The summed E-state index contributed by atoms with van der Waals surface area (Å²) < 4.78 is 0. The lowest BCUT2D eigenvalue weighted by atomic mass is 9.81. The Balaban J connectivity index is 2.29. The van der Waals surface area contributed by atoms with Crippen LogP contribution in [0.15, 0.2) is 22.8 Å². The maximum absolute atomic E-state index is 9.84. The first kappa shape index (κ1) is 15.8. The smallest absolute Gasteiger partial charge is 0.0651 e. The van der Waals surface area contributed by atoms with E-state index in [9.17, 15) is 10.2 Å². The molecule has 0 saturated heterocycles. The van der Waals surface area contributed by atoms with Gasteiger partial charge in [-0.1, -0.05) is 31.8 Å². The summed E-state index contributed by atoms with van der Waals surface area (Å²) in [7, 11) is 0. The molecule has 0 aromatic heterocycles. The second-order valence-corrected chi connectivity index (χ2v) is 6.32. The topological polar surface area (TPSA) is 40.5 Å². The van der Waals surface area contributed by atoms with E-state index in [0.29, 0.717) is 0 Å². The van der Waals surface area contributed by atoms with Gasteiger partial charge < -0.3 is 10.2 Å². The maximum Gasteiger partial charge on any atom is 0.0651 e. The molecule has 0 aliphatic heterocycles. The van der Waals surface area contributed by atoms with E-state index in [1.165, 1.54) is 62.5 Å². The predicted molar refractivity (Wildman–Crippen MR) is 83.6 cm³/mol. The molecule has 0 fully saturated rings. The van der Waals surface area contributed by atoms with Crippen LogP contribution in [0.4, 0.5) is 0 Å². The minimum absolute atomic E-state index is 0.123. The van der Waals surface area contributed by atoms with Gasteiger partial charge in [0.25, 0.3) is 0 Å². The van der Waals surface area contributed by atoms with Crippen molar-refractivity contribution in [3.63, 3.8) is 0 Å². The van der Waals surface area contributed by atoms with Gasteiger partial charge in [-0.05, 0) is 61.7 Å². The van der Waals surface area contributed by atoms with Crippen LogP contribution in [0.2, 0.25) is 0 Å². The average Bonchev–Trinajstić information content (AvgIpc) is 2.40. The summed E-state index contributed by atoms with van der Waals surface area (Å²) >= 11 is 0. The van der Waals surface area contributed by atoms with Crippen molar-refractivity contribution in [2.75, 3.05) is 13.2 Å². The molecule has 2 heteroatoms. The Labute approximate surface area is 123 Å². The van der Waals surface area contributed by atoms with Crippen molar-refractivity contribution < 1.29 is 10.2 Å². The molecule has 2 N–H and O–H groups in total. The number of hydrogen-bond donors (Lipinski definition) is 2. The van der Waals surface area contributed by atoms with Gasteiger partial charge in [0.15, 0.2) is 0 Å². The van der Waals surface area contributed by atoms with Crippen LogP contribution >= 0.6 is 0 Å². The molecule has 0 aromatic carbocycles. The van der Waals surface area contributed by atoms with Crippen molar-refractivity contribution in [2.24, 2.45) is 5.92 Å². The molecule has 114 valence electrons. The van der Waals surface area contributed by atoms with Gasteiger partial charge in [0.1, 0.15) is 0 Å². The Morgan fingerprint density at radius 2 is 1.65 bits per heavy atom. The first-order valence-corrected chi connectivity index (χ1v) is 8.50. The number of allylic oxidation sites excluding steroid dienone is 3. The van der Waals surface area contributed by atoms with E-state index in [0.717, 1.165) is 24.8 Å². The van der Waals surface area contributed by atoms with Gasteiger partial charge in [-0.2, -0.15) is 0 Å². The lowest BCUT2D eigenvalue weighted by Gasteiger charge is -2.26. The highest BCUT2D eigenvalue weighted by atomic mass is 16.3. The van der Waals surface area contributed by atoms with E-state index in [4.69, 9.17) is 0 Å². The van der Waals surface area contributed by atoms with Crippen LogP contribution in [-0.4, -0.2) is 23.4 Å². The molecule has 0 bridgehead atoms. The minimum atomic E-state index is 0.123. The van der Waals surface area contributed by atoms with E-state index < -0.39 is 0 Å². The molecule has 2 aliphatic carbocycles. The quantitative estimate of drug-likeness (QED) is 0.815. The molecule has 0 aromatic rings. The highest BCUT2D eigenvalue weighted by Crippen LogP contribution is 2.34. The Morgan fingerprint density at radius 3 is 2.45 bits per heavy atom. The maximum atomic E-state index is 9.84. The highest BCUT2D eigenvalue weighted by Gasteiger charge is 2.21. The molecule has 0 spiro atoms. The van der Waals surface area contributed by atoms with Crippen molar-refractivity contribution in [2.45, 2.75) is 70.6 Å². The standard InChI is InChI=1S/C18H30O2/c19-13-16-11-7-4-8-12-17(18(16)14-20)15-9-5-2-1-3-6-10-15/h9,16,19-20H,1-8,10-14H2/b15-9?,18-17+. The van der Waals surface area contributed by atoms with E-state index in [-0.39, 0.29) is 19.1 Å². The molecular weight excluding hydrogens is 248 g/mol. The lowest BCUT2D eigenvalue weighted by Crippen LogP contribution is -2.17. The average molecular weight is 278 g/mol. The van der Waals surface area contributed by atoms with E-state index >= 15 is 0 Å². The summed E-state index contributed by atoms with van der Waals surface area (Å²) in [6.45, 7) is 0.310. The number of aliphatic hydroxyl groups excluding tert-OH is 2. The SMILES string of the molecule is OC/C1=C(\C2=CCCCCCC2)CCCCCC1CO. The molecule has 1 unspecified atom stereocenters. The van der Waals surface area contributed by atoms with Crippen molar-refractivity contribution in [3.05, 3.63) is 22.8 Å². The Morgan fingerprint density at radius 1 is 0.900 bits per heavy atom. The van der Waals surface area contributed by atoms with Gasteiger partial charge >= 0.3 is 0 Å². The van der Waals surface area contributed by atoms with Crippen molar-refractivity contribution in [1.29, 1.82) is 0 Å². The number of rotatable bonds is 3. The van der Waals surface area contributed by atoms with Gasteiger partial charge in [0.2, 0.25) is 0 Å². The number of hydrogen-bond acceptors (Lipinski definition) is 2. The monoisotopic (exact) mass is 278 g/mol. The van der Waals surface area contributed by atoms with Crippen molar-refractivity contribution >= 4 is 0 Å². The summed E-state index contributed by atoms with van der Waals surface area (Å²) in [5.41, 5.74) is 4.02. The Hall–Kier alpha value is -0.600. The Bertz CT molecular complexity index is 354. The van der Waals surface area contributed by atoms with Gasteiger partial charge in [-0.25, -0.2) is 0 Å². The zero-order valence-electron chi connectivity index (χ0n) is 12.7. The fourth-order valence-corrected chi connectivity index (χ4v) is 3.71. The summed E-state index contributed by atoms with van der Waals surface area (Å²) in [6, 6.07) is 0. The molecule has 0 amide bonds. The normalized spacial score (nSPS) is 29.9. The van der Waals surface area contributed by atoms with Crippen LogP contribution in [-0.2, 0) is 0 Å². The zero-order valence-corrected chi connectivity index (χ0v) is 12.7. The molecule has 1 atom stereocenters. The second kappa shape index (κ2) is 8.63. The van der Waals surface area contributed by atoms with Gasteiger partial charge in [-0.3, -0.25) is 0 Å². The summed E-state index contributed by atoms with van der Waals surface area (Å²) in [5.74, 6) is 0.182. The zero-order chi connectivity index (χ0) is 14.2. The lowest BCUT2D eigenvalue weighted by molar-refractivity contribution is 0.214. The molecule has 2 aliphatic rings. The third-order valence-electron chi connectivity index (χ3n) is 4.93. The van der Waals surface area contributed by atoms with Crippen LogP contribution in [0.3, 0.4) is 0 Å². The van der Waals surface area contributed by atoms with Crippen LogP contribution < -0.4 is 0 Å². The third kappa shape index (κ3) is 4.20. The molecule has 0 radical (unpaired) electrons. The van der Waals surface area contributed by atoms with Crippen molar-refractivity contribution in [3.8, 4) is 0 Å². The molecule has 2 nitrogen and oxygen atoms in total. The van der Waals surface area contributed by atoms with Gasteiger partial charge in [0, 0.05) is 12.5 Å². The van der Waals surface area contributed by atoms with Crippen LogP contribution in [0.25, 0.3) is 0 Å². The third-order valence-corrected chi connectivity index (χ3v) is 4.93. The van der Waals surface area contributed by atoms with E-state index in [2.05, 4.69) is 6.08 Å². The summed E-state index contributed by atoms with van der Waals surface area (Å²) in [5, 5.41) is 19.5. The van der Waals surface area contributed by atoms with Gasteiger partial charge in [0.05, 0.1) is 6.61 Å². The highest BCUT2D eigenvalue weighted by molar-refractivity contribution is 5.37. The number of aliphatic hydroxyl groups is 2. The molecule has 0 heterocycles. The molecule has 20 heavy (non-hydrogen) atoms. The molecule has 2 rings (SSSR count). The second-order valence-electron chi connectivity index (χ2n) is 6.32. The van der Waals surface area contributed by atoms with Crippen LogP contribution in [0.5, 0.6) is 0 Å². The molecule has 0 saturated carbocycles. The van der Waals surface area contributed by atoms with E-state index in [1.807, 2.05) is 0 Å². The van der Waals surface area contributed by atoms with Crippen LogP contribution in [0, 0.1) is 5.92 Å². The largest absolute Gasteiger partial charge is 0.396 e. The molecular formula is C18H30O2. The fraction of sp³-hybridized carbons (Fsp3) is 0.778. The Kier molecular flexibility index (Phi) is 6.81. The summed E-state index contributed by atoms with van der Waals surface area (Å²) in [6.07, 6.45) is 15.8.